The number of rotatable bonds is 8. The molecule has 0 aromatic carbocycles. The molecule has 168 valence electrons. The Kier molecular flexibility index (Phi) is 13.3. The first-order chi connectivity index (χ1) is 15.4. The highest BCUT2D eigenvalue weighted by atomic mass is 31.2. The number of nitrogens with one attached hydrogen (secondary N) is 1. The molecule has 32 heavy (non-hydrogen) atoms. The predicted molar refractivity (Wildman–Crippen MR) is 121 cm³/mol. The third kappa shape index (κ3) is 13.3. The number of carbonyl (C=O) groups excluding carboxylic acids is 1. The van der Waals surface area contributed by atoms with Crippen LogP contribution in [-0.2, 0) is 18.4 Å². The van der Waals surface area contributed by atoms with Crippen LogP contribution in [0.15, 0.2) is 23.6 Å². The number of amides is 1. The van der Waals surface area contributed by atoms with Crippen molar-refractivity contribution in [3.8, 4) is 47.5 Å². The van der Waals surface area contributed by atoms with Gasteiger partial charge in [-0.2, -0.15) is 0 Å². The molecule has 0 saturated heterocycles. The van der Waals surface area contributed by atoms with Gasteiger partial charge in [-0.05, 0) is 49.0 Å². The van der Waals surface area contributed by atoms with Crippen molar-refractivity contribution in [3.05, 3.63) is 23.6 Å². The standard InChI is InChI=1S/C25H28NO5P/c1-4-15-23(5-2)16-11-8-6-7-9-14-19-30-32(28,29)31-21-25(26-22(3)27)20-24-17-12-10-13-18-24/h24-25H,1,5,10,12-13,17-18,20-21H2,2-3H3,(H,26,27)(H,28,29)/p-1. The van der Waals surface area contributed by atoms with Crippen molar-refractivity contribution >= 4 is 13.7 Å². The number of phosphoric ester groups is 1. The van der Waals surface area contributed by atoms with Crippen LogP contribution in [0, 0.1) is 53.5 Å². The van der Waals surface area contributed by atoms with Gasteiger partial charge >= 0.3 is 7.82 Å². The van der Waals surface area contributed by atoms with E-state index >= 15 is 0 Å². The van der Waals surface area contributed by atoms with Gasteiger partial charge in [0.05, 0.1) is 18.2 Å². The van der Waals surface area contributed by atoms with Gasteiger partial charge in [0, 0.05) is 24.7 Å². The van der Waals surface area contributed by atoms with Gasteiger partial charge in [-0.25, -0.2) is 0 Å². The Balaban J connectivity index is 2.54. The van der Waals surface area contributed by atoms with Gasteiger partial charge in [0.2, 0.25) is 5.91 Å². The topological polar surface area (TPSA) is 87.7 Å². The van der Waals surface area contributed by atoms with Crippen molar-refractivity contribution in [2.45, 2.75) is 64.8 Å². The largest absolute Gasteiger partial charge is 0.746 e. The summed E-state index contributed by atoms with van der Waals surface area (Å²) in [5, 5.41) is 2.74. The van der Waals surface area contributed by atoms with Gasteiger partial charge in [-0.15, -0.1) is 0 Å². The molecule has 0 aromatic heterocycles. The average molecular weight is 452 g/mol. The molecule has 2 unspecified atom stereocenters. The molecule has 1 rings (SSSR count). The van der Waals surface area contributed by atoms with Crippen LogP contribution in [0.1, 0.15) is 58.8 Å². The van der Waals surface area contributed by atoms with E-state index in [4.69, 9.17) is 4.52 Å². The zero-order valence-corrected chi connectivity index (χ0v) is 19.4. The fourth-order valence-electron chi connectivity index (χ4n) is 3.14. The van der Waals surface area contributed by atoms with Crippen LogP contribution in [0.5, 0.6) is 0 Å². The molecule has 7 heteroatoms. The van der Waals surface area contributed by atoms with E-state index in [2.05, 4.69) is 69.3 Å². The molecule has 0 spiro atoms. The first-order valence-corrected chi connectivity index (χ1v) is 11.9. The number of allylic oxidation sites excluding steroid dienone is 1. The monoisotopic (exact) mass is 452 g/mol. The third-order valence-corrected chi connectivity index (χ3v) is 5.29. The second kappa shape index (κ2) is 15.7. The Labute approximate surface area is 191 Å². The van der Waals surface area contributed by atoms with Gasteiger partial charge in [0.1, 0.15) is 6.11 Å². The van der Waals surface area contributed by atoms with E-state index in [0.29, 0.717) is 18.8 Å². The van der Waals surface area contributed by atoms with Gasteiger partial charge in [0.25, 0.3) is 0 Å². The Morgan fingerprint density at radius 2 is 1.81 bits per heavy atom. The molecule has 1 fully saturated rings. The lowest BCUT2D eigenvalue weighted by atomic mass is 9.85. The van der Waals surface area contributed by atoms with Gasteiger partial charge in [-0.1, -0.05) is 50.5 Å². The Morgan fingerprint density at radius 3 is 2.44 bits per heavy atom. The molecule has 0 radical (unpaired) electrons. The lowest BCUT2D eigenvalue weighted by Gasteiger charge is -2.28. The zero-order chi connectivity index (χ0) is 23.7. The summed E-state index contributed by atoms with van der Waals surface area (Å²) in [5.74, 6) is 17.5. The van der Waals surface area contributed by atoms with E-state index in [0.717, 1.165) is 31.3 Å². The average Bonchev–Trinajstić information content (AvgIpc) is 2.76. The molecule has 1 saturated carbocycles. The van der Waals surface area contributed by atoms with Crippen LogP contribution in [0.4, 0.5) is 0 Å². The lowest BCUT2D eigenvalue weighted by Crippen LogP contribution is -2.38. The summed E-state index contributed by atoms with van der Waals surface area (Å²) in [4.78, 5) is 23.3. The van der Waals surface area contributed by atoms with Crippen molar-refractivity contribution in [2.24, 2.45) is 5.92 Å². The van der Waals surface area contributed by atoms with E-state index in [9.17, 15) is 14.3 Å². The minimum absolute atomic E-state index is 0.205. The van der Waals surface area contributed by atoms with E-state index in [1.54, 1.807) is 0 Å². The zero-order valence-electron chi connectivity index (χ0n) is 18.5. The van der Waals surface area contributed by atoms with Crippen LogP contribution < -0.4 is 10.2 Å². The van der Waals surface area contributed by atoms with E-state index in [-0.39, 0.29) is 12.5 Å². The van der Waals surface area contributed by atoms with Crippen molar-refractivity contribution in [3.63, 3.8) is 0 Å². The molecule has 1 aliphatic rings. The van der Waals surface area contributed by atoms with Gasteiger partial charge in [-0.3, -0.25) is 9.36 Å². The quantitative estimate of drug-likeness (QED) is 0.347. The van der Waals surface area contributed by atoms with E-state index in [1.165, 1.54) is 13.3 Å². The second-order valence-corrected chi connectivity index (χ2v) is 8.42. The Morgan fingerprint density at radius 1 is 1.16 bits per heavy atom. The molecule has 2 atom stereocenters. The highest BCUT2D eigenvalue weighted by molar-refractivity contribution is 7.46. The highest BCUT2D eigenvalue weighted by Gasteiger charge is 2.22. The smallest absolute Gasteiger partial charge is 0.328 e. The summed E-state index contributed by atoms with van der Waals surface area (Å²) in [5.41, 5.74) is 6.01. The van der Waals surface area contributed by atoms with Crippen LogP contribution >= 0.6 is 7.82 Å². The number of carbonyl (C=O) groups is 1. The molecule has 1 N–H and O–H groups in total. The maximum absolute atomic E-state index is 11.9. The van der Waals surface area contributed by atoms with Crippen LogP contribution in [0.3, 0.4) is 0 Å². The molecule has 1 amide bonds. The first kappa shape index (κ1) is 27.0. The molecule has 1 aliphatic carbocycles. The predicted octanol–water partition coefficient (Wildman–Crippen LogP) is 3.21. The second-order valence-electron chi connectivity index (χ2n) is 7.08. The summed E-state index contributed by atoms with van der Waals surface area (Å²) in [6, 6.07) is -0.407. The van der Waals surface area contributed by atoms with Crippen molar-refractivity contribution in [1.82, 2.24) is 5.32 Å². The molecule has 0 aromatic rings. The maximum Gasteiger partial charge on any atom is 0.328 e. The molecular formula is C25H27NO5P-. The van der Waals surface area contributed by atoms with Gasteiger partial charge in [0.15, 0.2) is 0 Å². The highest BCUT2D eigenvalue weighted by Crippen LogP contribution is 2.38. The maximum atomic E-state index is 11.9. The lowest BCUT2D eigenvalue weighted by molar-refractivity contribution is -0.220. The van der Waals surface area contributed by atoms with Crippen LogP contribution in [0.25, 0.3) is 0 Å². The van der Waals surface area contributed by atoms with Crippen molar-refractivity contribution < 1.29 is 23.3 Å². The van der Waals surface area contributed by atoms with Crippen molar-refractivity contribution in [2.75, 3.05) is 6.61 Å². The number of phosphoric acid groups is 1. The Bertz CT molecular complexity index is 1030. The summed E-state index contributed by atoms with van der Waals surface area (Å²) in [6.07, 6.45) is 8.98. The number of hydrogen-bond acceptors (Lipinski definition) is 5. The van der Waals surface area contributed by atoms with E-state index in [1.807, 2.05) is 13.0 Å². The fraction of sp³-hybridized carbons (Fsp3) is 0.480. The normalized spacial score (nSPS) is 15.0. The summed E-state index contributed by atoms with van der Waals surface area (Å²) >= 11 is 0. The number of hydrogen-bond donors (Lipinski definition) is 1. The minimum Gasteiger partial charge on any atom is -0.746 e. The third-order valence-electron chi connectivity index (χ3n) is 4.51. The molecule has 0 bridgehead atoms. The van der Waals surface area contributed by atoms with Crippen molar-refractivity contribution in [1.29, 1.82) is 0 Å². The van der Waals surface area contributed by atoms with Gasteiger partial charge < -0.3 is 19.3 Å². The van der Waals surface area contributed by atoms with Crippen LogP contribution in [-0.4, -0.2) is 18.6 Å². The molecular weight excluding hydrogens is 425 g/mol. The molecule has 0 heterocycles. The molecule has 0 aliphatic heterocycles. The SMILES string of the molecule is C=C=C=C(C#CC#CC#CC#COP(=O)([O-])OCC(CC1CCCCC1)NC(C)=O)CC. The summed E-state index contributed by atoms with van der Waals surface area (Å²) in [7, 11) is -4.65. The summed E-state index contributed by atoms with van der Waals surface area (Å²) < 4.78 is 21.3. The Hall–Kier alpha value is -3.04. The van der Waals surface area contributed by atoms with E-state index < -0.39 is 13.9 Å². The fourth-order valence-corrected chi connectivity index (χ4v) is 3.71. The first-order valence-electron chi connectivity index (χ1n) is 10.4. The van der Waals surface area contributed by atoms with Crippen LogP contribution in [0.2, 0.25) is 0 Å². The molecule has 6 nitrogen and oxygen atoms in total. The minimum atomic E-state index is -4.65. The summed E-state index contributed by atoms with van der Waals surface area (Å²) in [6.45, 7) is 6.53.